The first kappa shape index (κ1) is 21.7. The van der Waals surface area contributed by atoms with Gasteiger partial charge >= 0.3 is 0 Å². The molecule has 1 fully saturated rings. The van der Waals surface area contributed by atoms with E-state index in [1.165, 1.54) is 11.6 Å². The second-order valence-electron chi connectivity index (χ2n) is 8.76. The number of nitrogens with zero attached hydrogens (tertiary/aromatic N) is 1. The lowest BCUT2D eigenvalue weighted by atomic mass is 9.81. The summed E-state index contributed by atoms with van der Waals surface area (Å²) < 4.78 is 6.64. The molecule has 0 saturated carbocycles. The Morgan fingerprint density at radius 2 is 1.44 bits per heavy atom. The van der Waals surface area contributed by atoms with Gasteiger partial charge in [0.1, 0.15) is 6.10 Å². The smallest absolute Gasteiger partial charge is 0.269 e. The molecule has 1 aliphatic rings. The molecule has 1 aliphatic heterocycles. The van der Waals surface area contributed by atoms with Crippen molar-refractivity contribution in [2.24, 2.45) is 0 Å². The fourth-order valence-electron chi connectivity index (χ4n) is 4.72. The number of rotatable bonds is 4. The first-order valence-electron chi connectivity index (χ1n) is 10.7. The molecule has 0 amide bonds. The highest BCUT2D eigenvalue weighted by Crippen LogP contribution is 2.52. The Morgan fingerprint density at radius 1 is 0.875 bits per heavy atom. The van der Waals surface area contributed by atoms with Crippen LogP contribution in [0.15, 0.2) is 102 Å². The third-order valence-electron chi connectivity index (χ3n) is 5.82. The maximum atomic E-state index is 11.5. The van der Waals surface area contributed by atoms with E-state index in [0.29, 0.717) is 0 Å². The standard InChI is InChI=1S/C28H27NO3/c1-19(2)26-25(24(20-12-7-5-8-13-20)21-14-9-6-10-15-21)27(32-28(26,3)4)22-16-11-17-23(18-22)29(30)31/h5-18,27H,1-4H3. The van der Waals surface area contributed by atoms with Crippen molar-refractivity contribution in [3.63, 3.8) is 0 Å². The Bertz CT molecular complexity index is 1160. The summed E-state index contributed by atoms with van der Waals surface area (Å²) >= 11 is 0. The molecule has 3 aromatic rings. The van der Waals surface area contributed by atoms with E-state index in [-0.39, 0.29) is 10.6 Å². The first-order chi connectivity index (χ1) is 15.3. The summed E-state index contributed by atoms with van der Waals surface area (Å²) in [5, 5.41) is 11.5. The van der Waals surface area contributed by atoms with Crippen LogP contribution in [0.1, 0.15) is 50.5 Å². The molecule has 1 saturated heterocycles. The van der Waals surface area contributed by atoms with Gasteiger partial charge in [-0.15, -0.1) is 0 Å². The molecule has 0 spiro atoms. The lowest BCUT2D eigenvalue weighted by Gasteiger charge is -2.22. The fraction of sp³-hybridized carbons (Fsp3) is 0.214. The van der Waals surface area contributed by atoms with Gasteiger partial charge in [0.25, 0.3) is 5.69 Å². The van der Waals surface area contributed by atoms with Crippen LogP contribution in [0.25, 0.3) is 5.57 Å². The van der Waals surface area contributed by atoms with Gasteiger partial charge in [0, 0.05) is 12.1 Å². The molecule has 32 heavy (non-hydrogen) atoms. The van der Waals surface area contributed by atoms with E-state index in [2.05, 4.69) is 52.0 Å². The van der Waals surface area contributed by atoms with E-state index in [4.69, 9.17) is 4.74 Å². The third-order valence-corrected chi connectivity index (χ3v) is 5.82. The third kappa shape index (κ3) is 4.02. The summed E-state index contributed by atoms with van der Waals surface area (Å²) in [6.07, 6.45) is -0.426. The van der Waals surface area contributed by atoms with E-state index >= 15 is 0 Å². The Balaban J connectivity index is 2.09. The quantitative estimate of drug-likeness (QED) is 0.326. The van der Waals surface area contributed by atoms with E-state index in [9.17, 15) is 10.1 Å². The summed E-state index contributed by atoms with van der Waals surface area (Å²) in [5.41, 5.74) is 6.93. The molecule has 1 heterocycles. The molecular weight excluding hydrogens is 398 g/mol. The second-order valence-corrected chi connectivity index (χ2v) is 8.76. The molecule has 0 aliphatic carbocycles. The summed E-state index contributed by atoms with van der Waals surface area (Å²) in [4.78, 5) is 11.1. The minimum atomic E-state index is -0.543. The van der Waals surface area contributed by atoms with Gasteiger partial charge in [-0.25, -0.2) is 0 Å². The lowest BCUT2D eigenvalue weighted by Crippen LogP contribution is -2.21. The zero-order chi connectivity index (χ0) is 22.9. The van der Waals surface area contributed by atoms with Crippen molar-refractivity contribution in [2.45, 2.75) is 39.4 Å². The molecule has 4 nitrogen and oxygen atoms in total. The van der Waals surface area contributed by atoms with Gasteiger partial charge < -0.3 is 4.74 Å². The predicted octanol–water partition coefficient (Wildman–Crippen LogP) is 7.28. The van der Waals surface area contributed by atoms with Gasteiger partial charge in [-0.1, -0.05) is 78.4 Å². The first-order valence-corrected chi connectivity index (χ1v) is 10.7. The number of non-ortho nitro benzene ring substituents is 1. The topological polar surface area (TPSA) is 52.4 Å². The van der Waals surface area contributed by atoms with Crippen molar-refractivity contribution < 1.29 is 9.66 Å². The largest absolute Gasteiger partial charge is 0.358 e. The molecule has 162 valence electrons. The molecule has 1 atom stereocenters. The van der Waals surface area contributed by atoms with Crippen LogP contribution in [-0.4, -0.2) is 10.5 Å². The Hall–Kier alpha value is -3.50. The number of ether oxygens (including phenoxy) is 1. The minimum absolute atomic E-state index is 0.0647. The predicted molar refractivity (Wildman–Crippen MR) is 128 cm³/mol. The van der Waals surface area contributed by atoms with Gasteiger partial charge in [-0.2, -0.15) is 0 Å². The van der Waals surface area contributed by atoms with Crippen LogP contribution >= 0.6 is 0 Å². The van der Waals surface area contributed by atoms with Gasteiger partial charge in [0.05, 0.1) is 10.5 Å². The van der Waals surface area contributed by atoms with Crippen LogP contribution in [0, 0.1) is 10.1 Å². The minimum Gasteiger partial charge on any atom is -0.358 e. The number of allylic oxidation sites excluding steroid dienone is 1. The van der Waals surface area contributed by atoms with Gasteiger partial charge in [0.15, 0.2) is 0 Å². The molecule has 0 aromatic heterocycles. The Labute approximate surface area is 189 Å². The van der Waals surface area contributed by atoms with Crippen molar-refractivity contribution in [1.82, 2.24) is 0 Å². The highest BCUT2D eigenvalue weighted by atomic mass is 16.6. The van der Waals surface area contributed by atoms with E-state index in [1.54, 1.807) is 12.1 Å². The highest BCUT2D eigenvalue weighted by molar-refractivity contribution is 5.86. The van der Waals surface area contributed by atoms with Crippen LogP contribution in [0.3, 0.4) is 0 Å². The lowest BCUT2D eigenvalue weighted by molar-refractivity contribution is -0.385. The maximum absolute atomic E-state index is 11.5. The Morgan fingerprint density at radius 3 is 1.94 bits per heavy atom. The number of hydrogen-bond acceptors (Lipinski definition) is 3. The molecular formula is C28H27NO3. The van der Waals surface area contributed by atoms with E-state index in [1.807, 2.05) is 42.5 Å². The summed E-state index contributed by atoms with van der Waals surface area (Å²) in [6, 6.07) is 27.3. The molecule has 4 rings (SSSR count). The van der Waals surface area contributed by atoms with Crippen molar-refractivity contribution in [3.05, 3.63) is 128 Å². The number of nitro benzene ring substituents is 1. The SMILES string of the molecule is CC(C)=C1C(=C(c2ccccc2)c2ccccc2)C(c2cccc([N+](=O)[O-])c2)OC1(C)C. The van der Waals surface area contributed by atoms with Crippen molar-refractivity contribution in [2.75, 3.05) is 0 Å². The summed E-state index contributed by atoms with van der Waals surface area (Å²) in [6.45, 7) is 8.34. The monoisotopic (exact) mass is 425 g/mol. The molecule has 3 aromatic carbocycles. The van der Waals surface area contributed by atoms with E-state index < -0.39 is 11.7 Å². The molecule has 0 radical (unpaired) electrons. The second kappa shape index (κ2) is 8.56. The van der Waals surface area contributed by atoms with Crippen LogP contribution < -0.4 is 0 Å². The van der Waals surface area contributed by atoms with Crippen molar-refractivity contribution in [1.29, 1.82) is 0 Å². The summed E-state index contributed by atoms with van der Waals surface area (Å²) in [7, 11) is 0. The zero-order valence-electron chi connectivity index (χ0n) is 18.8. The fourth-order valence-corrected chi connectivity index (χ4v) is 4.72. The number of nitro groups is 1. The normalized spacial score (nSPS) is 17.3. The van der Waals surface area contributed by atoms with Crippen molar-refractivity contribution >= 4 is 11.3 Å². The van der Waals surface area contributed by atoms with Crippen LogP contribution in [0.2, 0.25) is 0 Å². The van der Waals surface area contributed by atoms with Crippen LogP contribution in [-0.2, 0) is 4.74 Å². The number of benzene rings is 3. The molecule has 4 heteroatoms. The highest BCUT2D eigenvalue weighted by Gasteiger charge is 2.44. The summed E-state index contributed by atoms with van der Waals surface area (Å²) in [5.74, 6) is 0. The van der Waals surface area contributed by atoms with Crippen LogP contribution in [0.5, 0.6) is 0 Å². The van der Waals surface area contributed by atoms with Crippen LogP contribution in [0.4, 0.5) is 5.69 Å². The molecule has 0 N–H and O–H groups in total. The number of hydrogen-bond donors (Lipinski definition) is 0. The van der Waals surface area contributed by atoms with Gasteiger partial charge in [-0.05, 0) is 61.1 Å². The molecule has 1 unspecified atom stereocenters. The van der Waals surface area contributed by atoms with E-state index in [0.717, 1.165) is 33.4 Å². The maximum Gasteiger partial charge on any atom is 0.269 e. The van der Waals surface area contributed by atoms with Crippen molar-refractivity contribution in [3.8, 4) is 0 Å². The zero-order valence-corrected chi connectivity index (χ0v) is 18.8. The Kier molecular flexibility index (Phi) is 5.81. The molecule has 0 bridgehead atoms. The average Bonchev–Trinajstić information content (AvgIpc) is 3.06. The van der Waals surface area contributed by atoms with Gasteiger partial charge in [-0.3, -0.25) is 10.1 Å². The average molecular weight is 426 g/mol. The van der Waals surface area contributed by atoms with Gasteiger partial charge in [0.2, 0.25) is 0 Å².